The summed E-state index contributed by atoms with van der Waals surface area (Å²) in [5, 5.41) is 0. The Labute approximate surface area is 98.2 Å². The summed E-state index contributed by atoms with van der Waals surface area (Å²) in [5.41, 5.74) is 1.10. The van der Waals surface area contributed by atoms with Gasteiger partial charge in [-0.3, -0.25) is 0 Å². The van der Waals surface area contributed by atoms with Gasteiger partial charge in [-0.15, -0.1) is 11.3 Å². The molecule has 0 spiro atoms. The van der Waals surface area contributed by atoms with E-state index in [0.29, 0.717) is 22.6 Å². The molecule has 0 aliphatic rings. The number of hydrogen-bond acceptors (Lipinski definition) is 5. The second-order valence-electron chi connectivity index (χ2n) is 3.20. The molecule has 0 aromatic carbocycles. The highest BCUT2D eigenvalue weighted by atomic mass is 32.1. The zero-order valence-corrected chi connectivity index (χ0v) is 10.6. The molecule has 0 saturated heterocycles. The number of hydrogen-bond donors (Lipinski definition) is 0. The molecule has 0 bridgehead atoms. The van der Waals surface area contributed by atoms with Crippen molar-refractivity contribution in [2.75, 3.05) is 13.7 Å². The zero-order chi connectivity index (χ0) is 12.3. The monoisotopic (exact) mass is 242 g/mol. The SMILES string of the molecule is CCOC(=O)c1sc(C)c(C(=O)OC)c1C. The first kappa shape index (κ1) is 12.7. The Kier molecular flexibility index (Phi) is 4.06. The van der Waals surface area contributed by atoms with Crippen molar-refractivity contribution in [3.05, 3.63) is 20.9 Å². The van der Waals surface area contributed by atoms with Gasteiger partial charge in [0.15, 0.2) is 0 Å². The van der Waals surface area contributed by atoms with Crippen LogP contribution in [0.3, 0.4) is 0 Å². The average Bonchev–Trinajstić information content (AvgIpc) is 2.54. The molecule has 0 radical (unpaired) electrons. The molecular formula is C11H14O4S. The maximum absolute atomic E-state index is 11.6. The molecule has 1 heterocycles. The van der Waals surface area contributed by atoms with Crippen molar-refractivity contribution >= 4 is 23.3 Å². The third kappa shape index (κ3) is 2.24. The van der Waals surface area contributed by atoms with E-state index in [-0.39, 0.29) is 5.97 Å². The van der Waals surface area contributed by atoms with Crippen LogP contribution in [-0.2, 0) is 9.47 Å². The zero-order valence-electron chi connectivity index (χ0n) is 9.75. The smallest absolute Gasteiger partial charge is 0.348 e. The number of rotatable bonds is 3. The molecule has 1 aromatic heterocycles. The highest BCUT2D eigenvalue weighted by Gasteiger charge is 2.23. The van der Waals surface area contributed by atoms with Gasteiger partial charge in [-0.2, -0.15) is 0 Å². The van der Waals surface area contributed by atoms with Gasteiger partial charge in [0.05, 0.1) is 19.3 Å². The summed E-state index contributed by atoms with van der Waals surface area (Å²) in [7, 11) is 1.32. The Hall–Kier alpha value is -1.36. The van der Waals surface area contributed by atoms with Gasteiger partial charge in [0, 0.05) is 4.88 Å². The van der Waals surface area contributed by atoms with Crippen molar-refractivity contribution in [1.29, 1.82) is 0 Å². The molecule has 0 amide bonds. The minimum absolute atomic E-state index is 0.322. The van der Waals surface area contributed by atoms with Gasteiger partial charge < -0.3 is 9.47 Å². The molecule has 5 heteroatoms. The van der Waals surface area contributed by atoms with E-state index in [4.69, 9.17) is 4.74 Å². The van der Waals surface area contributed by atoms with Crippen molar-refractivity contribution in [2.45, 2.75) is 20.8 Å². The Morgan fingerprint density at radius 1 is 1.25 bits per heavy atom. The number of carbonyl (C=O) groups excluding carboxylic acids is 2. The van der Waals surface area contributed by atoms with E-state index in [1.807, 2.05) is 0 Å². The van der Waals surface area contributed by atoms with Gasteiger partial charge in [0.1, 0.15) is 4.88 Å². The fourth-order valence-corrected chi connectivity index (χ4v) is 2.49. The first-order chi connectivity index (χ1) is 7.52. The summed E-state index contributed by atoms with van der Waals surface area (Å²) in [5.74, 6) is -0.801. The lowest BCUT2D eigenvalue weighted by molar-refractivity contribution is 0.0531. The molecule has 16 heavy (non-hydrogen) atoms. The van der Waals surface area contributed by atoms with Gasteiger partial charge in [-0.25, -0.2) is 9.59 Å². The molecular weight excluding hydrogens is 228 g/mol. The van der Waals surface area contributed by atoms with Crippen molar-refractivity contribution in [1.82, 2.24) is 0 Å². The predicted octanol–water partition coefficient (Wildman–Crippen LogP) is 2.33. The molecule has 0 fully saturated rings. The Balaban J connectivity index is 3.16. The highest BCUT2D eigenvalue weighted by Crippen LogP contribution is 2.28. The molecule has 4 nitrogen and oxygen atoms in total. The van der Waals surface area contributed by atoms with Crippen LogP contribution in [0.15, 0.2) is 0 Å². The third-order valence-electron chi connectivity index (χ3n) is 2.17. The Morgan fingerprint density at radius 3 is 2.38 bits per heavy atom. The molecule has 0 aliphatic heterocycles. The Bertz CT molecular complexity index is 420. The summed E-state index contributed by atoms with van der Waals surface area (Å²) < 4.78 is 9.58. The van der Waals surface area contributed by atoms with Gasteiger partial charge >= 0.3 is 11.9 Å². The summed E-state index contributed by atoms with van der Waals surface area (Å²) in [6.07, 6.45) is 0. The van der Waals surface area contributed by atoms with Gasteiger partial charge in [0.25, 0.3) is 0 Å². The van der Waals surface area contributed by atoms with Crippen molar-refractivity contribution in [3.8, 4) is 0 Å². The standard InChI is InChI=1S/C11H14O4S/c1-5-15-11(13)9-6(2)8(7(3)16-9)10(12)14-4/h5H2,1-4H3. The van der Waals surface area contributed by atoms with Crippen LogP contribution in [-0.4, -0.2) is 25.7 Å². The number of aryl methyl sites for hydroxylation is 1. The minimum atomic E-state index is -0.415. The van der Waals surface area contributed by atoms with E-state index in [1.54, 1.807) is 20.8 Å². The topological polar surface area (TPSA) is 52.6 Å². The van der Waals surface area contributed by atoms with Crippen LogP contribution < -0.4 is 0 Å². The third-order valence-corrected chi connectivity index (χ3v) is 3.36. The van der Waals surface area contributed by atoms with Crippen LogP contribution in [0, 0.1) is 13.8 Å². The van der Waals surface area contributed by atoms with E-state index < -0.39 is 5.97 Å². The van der Waals surface area contributed by atoms with Crippen LogP contribution >= 0.6 is 11.3 Å². The number of esters is 2. The predicted molar refractivity (Wildman–Crippen MR) is 61.1 cm³/mol. The molecule has 0 N–H and O–H groups in total. The minimum Gasteiger partial charge on any atom is -0.465 e. The van der Waals surface area contributed by atoms with Gasteiger partial charge in [-0.05, 0) is 26.3 Å². The lowest BCUT2D eigenvalue weighted by atomic mass is 10.1. The van der Waals surface area contributed by atoms with Crippen LogP contribution in [0.1, 0.15) is 37.4 Å². The van der Waals surface area contributed by atoms with E-state index in [0.717, 1.165) is 4.88 Å². The largest absolute Gasteiger partial charge is 0.465 e. The van der Waals surface area contributed by atoms with Crippen LogP contribution in [0.25, 0.3) is 0 Å². The number of ether oxygens (including phenoxy) is 2. The summed E-state index contributed by atoms with van der Waals surface area (Å²) in [6.45, 7) is 5.58. The lowest BCUT2D eigenvalue weighted by Crippen LogP contribution is -2.07. The summed E-state index contributed by atoms with van der Waals surface area (Å²) in [4.78, 5) is 24.3. The Morgan fingerprint density at radius 2 is 1.88 bits per heavy atom. The molecule has 1 rings (SSSR count). The fraction of sp³-hybridized carbons (Fsp3) is 0.455. The number of thiophene rings is 1. The van der Waals surface area contributed by atoms with Crippen LogP contribution in [0.4, 0.5) is 0 Å². The quantitative estimate of drug-likeness (QED) is 0.763. The normalized spacial score (nSPS) is 10.0. The maximum Gasteiger partial charge on any atom is 0.348 e. The summed E-state index contributed by atoms with van der Waals surface area (Å²) in [6, 6.07) is 0. The average molecular weight is 242 g/mol. The molecule has 0 unspecified atom stereocenters. The van der Waals surface area contributed by atoms with Crippen LogP contribution in [0.5, 0.6) is 0 Å². The fourth-order valence-electron chi connectivity index (χ4n) is 1.45. The highest BCUT2D eigenvalue weighted by molar-refractivity contribution is 7.14. The molecule has 0 atom stereocenters. The van der Waals surface area contributed by atoms with E-state index in [9.17, 15) is 9.59 Å². The molecule has 0 saturated carbocycles. The molecule has 1 aromatic rings. The number of methoxy groups -OCH3 is 1. The van der Waals surface area contributed by atoms with Crippen molar-refractivity contribution in [3.63, 3.8) is 0 Å². The second-order valence-corrected chi connectivity index (χ2v) is 4.42. The van der Waals surface area contributed by atoms with Gasteiger partial charge in [0.2, 0.25) is 0 Å². The van der Waals surface area contributed by atoms with E-state index in [1.165, 1.54) is 18.4 Å². The lowest BCUT2D eigenvalue weighted by Gasteiger charge is -2.01. The van der Waals surface area contributed by atoms with E-state index >= 15 is 0 Å². The first-order valence-electron chi connectivity index (χ1n) is 4.88. The van der Waals surface area contributed by atoms with Gasteiger partial charge in [-0.1, -0.05) is 0 Å². The second kappa shape index (κ2) is 5.12. The summed E-state index contributed by atoms with van der Waals surface area (Å²) >= 11 is 1.26. The number of carbonyl (C=O) groups is 2. The van der Waals surface area contributed by atoms with E-state index in [2.05, 4.69) is 4.74 Å². The van der Waals surface area contributed by atoms with Crippen LogP contribution in [0.2, 0.25) is 0 Å². The molecule has 88 valence electrons. The molecule has 0 aliphatic carbocycles. The first-order valence-corrected chi connectivity index (χ1v) is 5.70. The van der Waals surface area contributed by atoms with Crippen molar-refractivity contribution in [2.24, 2.45) is 0 Å². The van der Waals surface area contributed by atoms with Crippen molar-refractivity contribution < 1.29 is 19.1 Å². The maximum atomic E-state index is 11.6.